The number of para-hydroxylation sites is 1. The van der Waals surface area contributed by atoms with Crippen LogP contribution in [0.5, 0.6) is 5.75 Å². The molecule has 0 radical (unpaired) electrons. The van der Waals surface area contributed by atoms with Gasteiger partial charge in [0, 0.05) is 0 Å². The minimum Gasteiger partial charge on any atom is -0.508 e. The van der Waals surface area contributed by atoms with Crippen molar-refractivity contribution in [3.8, 4) is 5.75 Å². The van der Waals surface area contributed by atoms with Crippen molar-refractivity contribution >= 4 is 0 Å². The van der Waals surface area contributed by atoms with Gasteiger partial charge >= 0.3 is 0 Å². The molecule has 1 N–H and O–H groups in total. The normalized spacial score (nSPS) is 6.80. The van der Waals surface area contributed by atoms with Crippen molar-refractivity contribution < 1.29 is 5.11 Å². The van der Waals surface area contributed by atoms with E-state index in [2.05, 4.69) is 13.8 Å². The maximum absolute atomic E-state index is 8.63. The van der Waals surface area contributed by atoms with Gasteiger partial charge in [-0.05, 0) is 12.1 Å². The summed E-state index contributed by atoms with van der Waals surface area (Å²) in [5, 5.41) is 8.63. The summed E-state index contributed by atoms with van der Waals surface area (Å²) in [6, 6.07) is 8.71. The lowest BCUT2D eigenvalue weighted by molar-refractivity contribution is 0.475. The molecule has 0 unspecified atom stereocenters. The molecule has 1 aromatic rings. The first-order valence-electron chi connectivity index (χ1n) is 6.05. The highest BCUT2D eigenvalue weighted by molar-refractivity contribution is 5.18. The first-order chi connectivity index (χ1) is 7.31. The Morgan fingerprint density at radius 3 is 1.27 bits per heavy atom. The molecule has 0 aromatic heterocycles. The highest BCUT2D eigenvalue weighted by Crippen LogP contribution is 2.02. The van der Waals surface area contributed by atoms with Crippen LogP contribution >= 0.6 is 0 Å². The Morgan fingerprint density at radius 1 is 0.800 bits per heavy atom. The fraction of sp³-hybridized carbons (Fsp3) is 0.571. The Morgan fingerprint density at radius 2 is 1.13 bits per heavy atom. The van der Waals surface area contributed by atoms with Crippen molar-refractivity contribution in [2.24, 2.45) is 0 Å². The van der Waals surface area contributed by atoms with Crippen LogP contribution in [0.4, 0.5) is 0 Å². The summed E-state index contributed by atoms with van der Waals surface area (Å²) in [6.45, 7) is 12.4. The first kappa shape index (κ1) is 19.6. The molecule has 0 aliphatic rings. The zero-order valence-corrected chi connectivity index (χ0v) is 11.2. The number of phenols is 1. The molecular weight excluding hydrogens is 184 g/mol. The van der Waals surface area contributed by atoms with E-state index in [1.807, 2.05) is 33.8 Å². The molecule has 0 fully saturated rings. The predicted molar refractivity (Wildman–Crippen MR) is 71.4 cm³/mol. The maximum atomic E-state index is 8.63. The second-order valence-corrected chi connectivity index (χ2v) is 2.34. The minimum absolute atomic E-state index is 0.322. The Labute approximate surface area is 96.2 Å². The van der Waals surface area contributed by atoms with E-state index >= 15 is 0 Å². The molecule has 0 heterocycles. The van der Waals surface area contributed by atoms with Crippen LogP contribution < -0.4 is 0 Å². The van der Waals surface area contributed by atoms with Gasteiger partial charge in [0.2, 0.25) is 0 Å². The van der Waals surface area contributed by atoms with Crippen molar-refractivity contribution in [3.05, 3.63) is 30.3 Å². The summed E-state index contributed by atoms with van der Waals surface area (Å²) in [7, 11) is 0. The van der Waals surface area contributed by atoms with Gasteiger partial charge in [0.25, 0.3) is 0 Å². The molecular formula is C14H28O. The van der Waals surface area contributed by atoms with Crippen LogP contribution in [0.2, 0.25) is 0 Å². The fourth-order valence-corrected chi connectivity index (χ4v) is 0.428. The zero-order chi connectivity index (χ0) is 12.5. The molecule has 90 valence electrons. The van der Waals surface area contributed by atoms with Gasteiger partial charge in [0.1, 0.15) is 5.75 Å². The Hall–Kier alpha value is -0.980. The van der Waals surface area contributed by atoms with Crippen LogP contribution in [0, 0.1) is 0 Å². The molecule has 1 rings (SSSR count). The first-order valence-corrected chi connectivity index (χ1v) is 6.05. The molecule has 1 nitrogen and oxygen atoms in total. The van der Waals surface area contributed by atoms with Gasteiger partial charge < -0.3 is 5.11 Å². The maximum Gasteiger partial charge on any atom is 0.115 e. The van der Waals surface area contributed by atoms with Gasteiger partial charge in [0.15, 0.2) is 0 Å². The highest BCUT2D eigenvalue weighted by atomic mass is 16.3. The molecule has 0 atom stereocenters. The van der Waals surface area contributed by atoms with E-state index in [0.29, 0.717) is 5.75 Å². The van der Waals surface area contributed by atoms with Crippen molar-refractivity contribution in [1.29, 1.82) is 0 Å². The van der Waals surface area contributed by atoms with Crippen LogP contribution in [0.25, 0.3) is 0 Å². The van der Waals surface area contributed by atoms with Gasteiger partial charge in [-0.15, -0.1) is 0 Å². The van der Waals surface area contributed by atoms with E-state index in [9.17, 15) is 0 Å². The third kappa shape index (κ3) is 24.6. The van der Waals surface area contributed by atoms with Gasteiger partial charge in [-0.25, -0.2) is 0 Å². The van der Waals surface area contributed by atoms with E-state index < -0.39 is 0 Å². The third-order valence-corrected chi connectivity index (χ3v) is 1.26. The predicted octanol–water partition coefficient (Wildman–Crippen LogP) is 5.25. The lowest BCUT2D eigenvalue weighted by Crippen LogP contribution is -1.56. The van der Waals surface area contributed by atoms with Crippen LogP contribution in [-0.4, -0.2) is 5.11 Å². The molecule has 0 amide bonds. The molecule has 1 heteroatoms. The standard InChI is InChI=1S/C6H6O.C4H10.2C2H6/c7-6-4-2-1-3-5-6;1-3-4-2;2*1-2/h1-5,7H;3-4H2,1-2H3;2*1-2H3. The Kier molecular flexibility index (Phi) is 30.2. The van der Waals surface area contributed by atoms with Gasteiger partial charge in [-0.3, -0.25) is 0 Å². The summed E-state index contributed by atoms with van der Waals surface area (Å²) in [4.78, 5) is 0. The van der Waals surface area contributed by atoms with Gasteiger partial charge in [0.05, 0.1) is 0 Å². The van der Waals surface area contributed by atoms with Crippen LogP contribution in [0.1, 0.15) is 54.4 Å². The van der Waals surface area contributed by atoms with Crippen LogP contribution in [0.15, 0.2) is 30.3 Å². The molecule has 15 heavy (non-hydrogen) atoms. The van der Waals surface area contributed by atoms with Gasteiger partial charge in [-0.2, -0.15) is 0 Å². The van der Waals surface area contributed by atoms with E-state index in [-0.39, 0.29) is 0 Å². The summed E-state index contributed by atoms with van der Waals surface area (Å²) < 4.78 is 0. The summed E-state index contributed by atoms with van der Waals surface area (Å²) in [5.74, 6) is 0.322. The molecule has 0 aliphatic heterocycles. The van der Waals surface area contributed by atoms with Gasteiger partial charge in [-0.1, -0.05) is 72.6 Å². The van der Waals surface area contributed by atoms with Crippen molar-refractivity contribution in [3.63, 3.8) is 0 Å². The highest BCUT2D eigenvalue weighted by Gasteiger charge is 1.74. The number of hydrogen-bond acceptors (Lipinski definition) is 1. The van der Waals surface area contributed by atoms with Crippen molar-refractivity contribution in [2.75, 3.05) is 0 Å². The summed E-state index contributed by atoms with van der Waals surface area (Å²) >= 11 is 0. The van der Waals surface area contributed by atoms with Crippen molar-refractivity contribution in [1.82, 2.24) is 0 Å². The smallest absolute Gasteiger partial charge is 0.115 e. The van der Waals surface area contributed by atoms with E-state index in [1.54, 1.807) is 24.3 Å². The molecule has 0 spiro atoms. The fourth-order valence-electron chi connectivity index (χ4n) is 0.428. The van der Waals surface area contributed by atoms with E-state index in [0.717, 1.165) is 0 Å². The quantitative estimate of drug-likeness (QED) is 0.674. The molecule has 0 bridgehead atoms. The Bertz CT molecular complexity index is 156. The topological polar surface area (TPSA) is 20.2 Å². The van der Waals surface area contributed by atoms with E-state index in [4.69, 9.17) is 5.11 Å². The number of phenolic OH excluding ortho intramolecular Hbond substituents is 1. The number of rotatable bonds is 1. The Balaban J connectivity index is -0.000000156. The second-order valence-electron chi connectivity index (χ2n) is 2.34. The minimum atomic E-state index is 0.322. The second kappa shape index (κ2) is 23.1. The average molecular weight is 212 g/mol. The van der Waals surface area contributed by atoms with E-state index in [1.165, 1.54) is 12.8 Å². The number of hydrogen-bond donors (Lipinski definition) is 1. The monoisotopic (exact) mass is 212 g/mol. The molecule has 0 saturated heterocycles. The molecule has 0 saturated carbocycles. The molecule has 0 aliphatic carbocycles. The third-order valence-electron chi connectivity index (χ3n) is 1.26. The number of unbranched alkanes of at least 4 members (excludes halogenated alkanes) is 1. The average Bonchev–Trinajstić information content (AvgIpc) is 2.35. The van der Waals surface area contributed by atoms with Crippen molar-refractivity contribution in [2.45, 2.75) is 54.4 Å². The summed E-state index contributed by atoms with van der Waals surface area (Å²) in [5.41, 5.74) is 0. The number of benzene rings is 1. The number of aromatic hydroxyl groups is 1. The lowest BCUT2D eigenvalue weighted by atomic mass is 10.3. The summed E-state index contributed by atoms with van der Waals surface area (Å²) in [6.07, 6.45) is 2.64. The molecule has 1 aromatic carbocycles. The lowest BCUT2D eigenvalue weighted by Gasteiger charge is -1.82. The zero-order valence-electron chi connectivity index (χ0n) is 11.2. The SMILES string of the molecule is CC.CC.CCCC.Oc1ccccc1. The van der Waals surface area contributed by atoms with Crippen LogP contribution in [-0.2, 0) is 0 Å². The van der Waals surface area contributed by atoms with Crippen LogP contribution in [0.3, 0.4) is 0 Å². The largest absolute Gasteiger partial charge is 0.508 e.